The zero-order valence-corrected chi connectivity index (χ0v) is 12.1. The van der Waals surface area contributed by atoms with Crippen LogP contribution >= 0.6 is 11.6 Å². The van der Waals surface area contributed by atoms with Gasteiger partial charge in [0.25, 0.3) is 0 Å². The Hall–Kier alpha value is -0.570. The molecule has 2 nitrogen and oxygen atoms in total. The third-order valence-electron chi connectivity index (χ3n) is 4.88. The van der Waals surface area contributed by atoms with Crippen molar-refractivity contribution in [2.75, 3.05) is 26.3 Å². The van der Waals surface area contributed by atoms with Crippen molar-refractivity contribution in [3.05, 3.63) is 34.9 Å². The van der Waals surface area contributed by atoms with Crippen LogP contribution in [0.15, 0.2) is 24.3 Å². The van der Waals surface area contributed by atoms with Crippen LogP contribution in [0, 0.1) is 5.41 Å². The Balaban J connectivity index is 1.94. The number of rotatable bonds is 1. The van der Waals surface area contributed by atoms with Gasteiger partial charge in [0.15, 0.2) is 0 Å². The number of halogens is 1. The molecule has 2 heterocycles. The summed E-state index contributed by atoms with van der Waals surface area (Å²) in [7, 11) is 0. The monoisotopic (exact) mass is 279 g/mol. The van der Waals surface area contributed by atoms with E-state index in [9.17, 15) is 0 Å². The lowest BCUT2D eigenvalue weighted by Gasteiger charge is -2.44. The molecule has 104 valence electrons. The van der Waals surface area contributed by atoms with Crippen molar-refractivity contribution >= 4 is 11.6 Å². The Morgan fingerprint density at radius 1 is 1.16 bits per heavy atom. The molecule has 2 unspecified atom stereocenters. The summed E-state index contributed by atoms with van der Waals surface area (Å²) < 4.78 is 5.68. The summed E-state index contributed by atoms with van der Waals surface area (Å²) in [6, 6.07) is 8.35. The first-order chi connectivity index (χ1) is 9.32. The fourth-order valence-electron chi connectivity index (χ4n) is 3.80. The Labute approximate surface area is 120 Å². The van der Waals surface area contributed by atoms with E-state index in [1.165, 1.54) is 31.2 Å². The third kappa shape index (κ3) is 2.67. The molecule has 0 amide bonds. The van der Waals surface area contributed by atoms with Gasteiger partial charge in [-0.1, -0.05) is 29.8 Å². The second-order valence-electron chi connectivity index (χ2n) is 5.86. The highest BCUT2D eigenvalue weighted by Crippen LogP contribution is 2.49. The van der Waals surface area contributed by atoms with Crippen molar-refractivity contribution in [2.45, 2.75) is 31.6 Å². The summed E-state index contributed by atoms with van der Waals surface area (Å²) in [4.78, 5) is 0. The Bertz CT molecular complexity index is 427. The molecule has 0 radical (unpaired) electrons. The molecule has 2 saturated heterocycles. The number of hydrogen-bond acceptors (Lipinski definition) is 2. The van der Waals surface area contributed by atoms with E-state index in [2.05, 4.69) is 17.4 Å². The van der Waals surface area contributed by atoms with Gasteiger partial charge in [-0.15, -0.1) is 0 Å². The van der Waals surface area contributed by atoms with Crippen LogP contribution in [-0.2, 0) is 4.74 Å². The Morgan fingerprint density at radius 3 is 2.95 bits per heavy atom. The Morgan fingerprint density at radius 2 is 2.05 bits per heavy atom. The summed E-state index contributed by atoms with van der Waals surface area (Å²) in [5.41, 5.74) is 1.70. The minimum atomic E-state index is 0.382. The molecule has 19 heavy (non-hydrogen) atoms. The number of ether oxygens (including phenoxy) is 1. The molecule has 0 aromatic heterocycles. The molecule has 1 aromatic carbocycles. The predicted octanol–water partition coefficient (Wildman–Crippen LogP) is 3.60. The molecule has 0 bridgehead atoms. The minimum Gasteiger partial charge on any atom is -0.381 e. The van der Waals surface area contributed by atoms with Crippen LogP contribution in [-0.4, -0.2) is 26.3 Å². The van der Waals surface area contributed by atoms with Gasteiger partial charge in [-0.05, 0) is 49.3 Å². The zero-order chi connectivity index (χ0) is 13.1. The fraction of sp³-hybridized carbons (Fsp3) is 0.625. The summed E-state index contributed by atoms with van der Waals surface area (Å²) in [6.07, 6.45) is 4.86. The number of nitrogens with one attached hydrogen (secondary N) is 1. The molecule has 0 saturated carbocycles. The van der Waals surface area contributed by atoms with Crippen LogP contribution in [0.5, 0.6) is 0 Å². The molecule has 2 aliphatic rings. The smallest absolute Gasteiger partial charge is 0.0471 e. The van der Waals surface area contributed by atoms with Crippen LogP contribution in [0.1, 0.15) is 37.2 Å². The molecule has 1 spiro atoms. The van der Waals surface area contributed by atoms with Crippen molar-refractivity contribution in [2.24, 2.45) is 5.41 Å². The van der Waals surface area contributed by atoms with E-state index < -0.39 is 0 Å². The topological polar surface area (TPSA) is 21.3 Å². The van der Waals surface area contributed by atoms with Gasteiger partial charge in [0, 0.05) is 30.7 Å². The van der Waals surface area contributed by atoms with E-state index in [0.29, 0.717) is 11.3 Å². The van der Waals surface area contributed by atoms with Crippen molar-refractivity contribution in [1.82, 2.24) is 5.32 Å². The standard InChI is InChI=1S/C16H22ClNO/c17-15-5-2-1-4-13(15)14-12-18-9-7-16(14)6-3-10-19-11-8-16/h1-2,4-5,14,18H,3,6-12H2. The van der Waals surface area contributed by atoms with Crippen molar-refractivity contribution in [1.29, 1.82) is 0 Å². The largest absolute Gasteiger partial charge is 0.381 e. The van der Waals surface area contributed by atoms with Crippen molar-refractivity contribution < 1.29 is 4.74 Å². The van der Waals surface area contributed by atoms with Crippen LogP contribution in [0.25, 0.3) is 0 Å². The normalized spacial score (nSPS) is 32.2. The summed E-state index contributed by atoms with van der Waals surface area (Å²) >= 11 is 6.44. The van der Waals surface area contributed by atoms with Crippen LogP contribution < -0.4 is 5.32 Å². The maximum Gasteiger partial charge on any atom is 0.0471 e. The first-order valence-electron chi connectivity index (χ1n) is 7.35. The van der Waals surface area contributed by atoms with Gasteiger partial charge >= 0.3 is 0 Å². The lowest BCUT2D eigenvalue weighted by atomic mass is 9.64. The molecule has 3 rings (SSSR count). The maximum absolute atomic E-state index is 6.44. The minimum absolute atomic E-state index is 0.382. The fourth-order valence-corrected chi connectivity index (χ4v) is 4.07. The van der Waals surface area contributed by atoms with Gasteiger partial charge in [0.1, 0.15) is 0 Å². The molecule has 2 aliphatic heterocycles. The first kappa shape index (κ1) is 13.4. The average Bonchev–Trinajstić information content (AvgIpc) is 2.67. The molecule has 1 aromatic rings. The highest BCUT2D eigenvalue weighted by atomic mass is 35.5. The van der Waals surface area contributed by atoms with Gasteiger partial charge in [-0.3, -0.25) is 0 Å². The zero-order valence-electron chi connectivity index (χ0n) is 11.3. The summed E-state index contributed by atoms with van der Waals surface area (Å²) in [5.74, 6) is 0.525. The van der Waals surface area contributed by atoms with Crippen LogP contribution in [0.3, 0.4) is 0 Å². The molecule has 3 heteroatoms. The molecule has 1 N–H and O–H groups in total. The van der Waals surface area contributed by atoms with Crippen molar-refractivity contribution in [3.8, 4) is 0 Å². The van der Waals surface area contributed by atoms with Crippen molar-refractivity contribution in [3.63, 3.8) is 0 Å². The predicted molar refractivity (Wildman–Crippen MR) is 78.8 cm³/mol. The number of hydrogen-bond donors (Lipinski definition) is 1. The second kappa shape index (κ2) is 5.82. The molecule has 2 atom stereocenters. The quantitative estimate of drug-likeness (QED) is 0.848. The van der Waals surface area contributed by atoms with Crippen LogP contribution in [0.4, 0.5) is 0 Å². The summed E-state index contributed by atoms with van der Waals surface area (Å²) in [6.45, 7) is 4.00. The van der Waals surface area contributed by atoms with E-state index in [1.54, 1.807) is 0 Å². The lowest BCUT2D eigenvalue weighted by Crippen LogP contribution is -2.44. The average molecular weight is 280 g/mol. The highest BCUT2D eigenvalue weighted by molar-refractivity contribution is 6.31. The van der Waals surface area contributed by atoms with Gasteiger partial charge in [0.2, 0.25) is 0 Å². The van der Waals surface area contributed by atoms with Gasteiger partial charge in [-0.25, -0.2) is 0 Å². The van der Waals surface area contributed by atoms with E-state index in [-0.39, 0.29) is 0 Å². The molecular formula is C16H22ClNO. The SMILES string of the molecule is Clc1ccccc1C1CNCCC12CCCOCC2. The molecule has 2 fully saturated rings. The van der Waals surface area contributed by atoms with E-state index in [0.717, 1.165) is 31.3 Å². The second-order valence-corrected chi connectivity index (χ2v) is 6.26. The van der Waals surface area contributed by atoms with E-state index in [1.807, 2.05) is 12.1 Å². The van der Waals surface area contributed by atoms with E-state index in [4.69, 9.17) is 16.3 Å². The summed E-state index contributed by atoms with van der Waals surface area (Å²) in [5, 5.41) is 4.47. The van der Waals surface area contributed by atoms with Gasteiger partial charge < -0.3 is 10.1 Å². The maximum atomic E-state index is 6.44. The Kier molecular flexibility index (Phi) is 4.11. The lowest BCUT2D eigenvalue weighted by molar-refractivity contribution is 0.104. The van der Waals surface area contributed by atoms with Gasteiger partial charge in [0.05, 0.1) is 0 Å². The highest BCUT2D eigenvalue weighted by Gasteiger charge is 2.42. The third-order valence-corrected chi connectivity index (χ3v) is 5.22. The number of benzene rings is 1. The molecule has 0 aliphatic carbocycles. The van der Waals surface area contributed by atoms with Crippen LogP contribution in [0.2, 0.25) is 5.02 Å². The number of piperidine rings is 1. The molecular weight excluding hydrogens is 258 g/mol. The first-order valence-corrected chi connectivity index (χ1v) is 7.73. The van der Waals surface area contributed by atoms with Gasteiger partial charge in [-0.2, -0.15) is 0 Å². The van der Waals surface area contributed by atoms with E-state index >= 15 is 0 Å².